The van der Waals surface area contributed by atoms with E-state index in [-0.39, 0.29) is 24.0 Å². The minimum atomic E-state index is 0. The fourth-order valence-electron chi connectivity index (χ4n) is 3.60. The summed E-state index contributed by atoms with van der Waals surface area (Å²) in [6, 6.07) is 16.7. The van der Waals surface area contributed by atoms with Gasteiger partial charge in [0.1, 0.15) is 5.82 Å². The van der Waals surface area contributed by atoms with Gasteiger partial charge in [-0.25, -0.2) is 9.98 Å². The van der Waals surface area contributed by atoms with Crippen molar-refractivity contribution in [2.24, 2.45) is 10.7 Å². The van der Waals surface area contributed by atoms with Gasteiger partial charge in [-0.05, 0) is 60.2 Å². The number of nitrogens with zero attached hydrogens (tertiary/aromatic N) is 3. The molecule has 1 aliphatic rings. The molecule has 4 rings (SSSR count). The van der Waals surface area contributed by atoms with Crippen molar-refractivity contribution in [3.05, 3.63) is 65.2 Å². The van der Waals surface area contributed by atoms with E-state index in [1.165, 1.54) is 24.0 Å². The van der Waals surface area contributed by atoms with Crippen LogP contribution in [0.2, 0.25) is 0 Å². The molecule has 0 saturated carbocycles. The number of aryl methyl sites for hydroxylation is 2. The van der Waals surface area contributed by atoms with Crippen molar-refractivity contribution in [1.82, 2.24) is 4.98 Å². The molecule has 0 spiro atoms. The van der Waals surface area contributed by atoms with Crippen molar-refractivity contribution in [3.63, 3.8) is 0 Å². The Morgan fingerprint density at radius 2 is 1.89 bits per heavy atom. The zero-order valence-electron chi connectivity index (χ0n) is 16.3. The maximum absolute atomic E-state index is 6.15. The predicted molar refractivity (Wildman–Crippen MR) is 129 cm³/mol. The number of aliphatic imine (C=N–C) groups is 1. The molecule has 0 fully saturated rings. The standard InChI is InChI=1S/C22H25N5.HI/c1-27(2)21-13-17(19-8-3-4-9-20(19)26-21)14-24-22(23)25-18-11-10-15-6-5-7-16(15)12-18;/h3-4,8-13H,5-7,14H2,1-2H3,(H3,23,24,25);1H. The van der Waals surface area contributed by atoms with Crippen molar-refractivity contribution >= 4 is 52.3 Å². The number of nitrogens with two attached hydrogens (primary N) is 1. The van der Waals surface area contributed by atoms with E-state index < -0.39 is 0 Å². The molecule has 0 bridgehead atoms. The zero-order valence-corrected chi connectivity index (χ0v) is 18.6. The quantitative estimate of drug-likeness (QED) is 0.327. The first-order chi connectivity index (χ1) is 13.1. The molecule has 0 unspecified atom stereocenters. The van der Waals surface area contributed by atoms with Crippen LogP contribution in [0.3, 0.4) is 0 Å². The van der Waals surface area contributed by atoms with E-state index in [9.17, 15) is 0 Å². The Bertz CT molecular complexity index is 1010. The number of para-hydroxylation sites is 1. The van der Waals surface area contributed by atoms with Gasteiger partial charge >= 0.3 is 0 Å². The lowest BCUT2D eigenvalue weighted by Crippen LogP contribution is -2.22. The molecule has 1 aromatic heterocycles. The van der Waals surface area contributed by atoms with Crippen LogP contribution in [0, 0.1) is 0 Å². The largest absolute Gasteiger partial charge is 0.370 e. The first kappa shape index (κ1) is 20.4. The van der Waals surface area contributed by atoms with Crippen LogP contribution in [0.5, 0.6) is 0 Å². The third-order valence-corrected chi connectivity index (χ3v) is 5.04. The number of rotatable bonds is 4. The summed E-state index contributed by atoms with van der Waals surface area (Å²) in [5.41, 5.74) is 12.1. The summed E-state index contributed by atoms with van der Waals surface area (Å²) in [4.78, 5) is 11.3. The highest BCUT2D eigenvalue weighted by Gasteiger charge is 2.11. The maximum Gasteiger partial charge on any atom is 0.193 e. The summed E-state index contributed by atoms with van der Waals surface area (Å²) >= 11 is 0. The van der Waals surface area contributed by atoms with E-state index in [0.717, 1.165) is 34.4 Å². The minimum absolute atomic E-state index is 0. The molecule has 0 amide bonds. The lowest BCUT2D eigenvalue weighted by atomic mass is 10.1. The van der Waals surface area contributed by atoms with Crippen LogP contribution < -0.4 is 16.0 Å². The third-order valence-electron chi connectivity index (χ3n) is 5.04. The molecule has 28 heavy (non-hydrogen) atoms. The van der Waals surface area contributed by atoms with Crippen LogP contribution in [0.25, 0.3) is 10.9 Å². The fourth-order valence-corrected chi connectivity index (χ4v) is 3.60. The number of anilines is 2. The second-order valence-corrected chi connectivity index (χ2v) is 7.21. The van der Waals surface area contributed by atoms with Crippen molar-refractivity contribution in [3.8, 4) is 0 Å². The number of hydrogen-bond acceptors (Lipinski definition) is 3. The number of pyridine rings is 1. The Labute approximate surface area is 183 Å². The molecule has 1 aliphatic carbocycles. The SMILES string of the molecule is CN(C)c1cc(CN=C(N)Nc2ccc3c(c2)CCC3)c2ccccc2n1.I. The summed E-state index contributed by atoms with van der Waals surface area (Å²) in [6.45, 7) is 0.508. The van der Waals surface area contributed by atoms with Gasteiger partial charge in [-0.3, -0.25) is 0 Å². The van der Waals surface area contributed by atoms with Gasteiger partial charge in [0.2, 0.25) is 0 Å². The van der Waals surface area contributed by atoms with Crippen LogP contribution >= 0.6 is 24.0 Å². The molecule has 2 aromatic carbocycles. The number of benzene rings is 2. The molecule has 6 heteroatoms. The zero-order chi connectivity index (χ0) is 18.8. The number of guanidine groups is 1. The van der Waals surface area contributed by atoms with E-state index in [1.807, 2.05) is 37.2 Å². The van der Waals surface area contributed by atoms with Crippen LogP contribution in [-0.4, -0.2) is 25.0 Å². The van der Waals surface area contributed by atoms with Crippen LogP contribution in [0.15, 0.2) is 53.5 Å². The predicted octanol–water partition coefficient (Wildman–Crippen LogP) is 4.33. The first-order valence-corrected chi connectivity index (χ1v) is 9.35. The highest BCUT2D eigenvalue weighted by molar-refractivity contribution is 14.0. The second-order valence-electron chi connectivity index (χ2n) is 7.21. The molecule has 3 N–H and O–H groups in total. The number of nitrogens with one attached hydrogen (secondary N) is 1. The fraction of sp³-hybridized carbons (Fsp3) is 0.273. The molecule has 0 radical (unpaired) electrons. The lowest BCUT2D eigenvalue weighted by Gasteiger charge is -2.14. The van der Waals surface area contributed by atoms with Crippen molar-refractivity contribution in [2.45, 2.75) is 25.8 Å². The van der Waals surface area contributed by atoms with E-state index in [0.29, 0.717) is 12.5 Å². The van der Waals surface area contributed by atoms with Gasteiger partial charge in [0.15, 0.2) is 5.96 Å². The van der Waals surface area contributed by atoms with E-state index in [4.69, 9.17) is 10.7 Å². The summed E-state index contributed by atoms with van der Waals surface area (Å²) in [5.74, 6) is 1.35. The number of fused-ring (bicyclic) bond motifs is 2. The van der Waals surface area contributed by atoms with Crippen LogP contribution in [0.1, 0.15) is 23.1 Å². The highest BCUT2D eigenvalue weighted by atomic mass is 127. The summed E-state index contributed by atoms with van der Waals surface area (Å²) in [6.07, 6.45) is 3.58. The van der Waals surface area contributed by atoms with Crippen molar-refractivity contribution in [1.29, 1.82) is 0 Å². The molecule has 0 saturated heterocycles. The molecule has 0 aliphatic heterocycles. The molecule has 0 atom stereocenters. The van der Waals surface area contributed by atoms with Gasteiger partial charge in [-0.2, -0.15) is 0 Å². The number of halogens is 1. The summed E-state index contributed by atoms with van der Waals surface area (Å²) < 4.78 is 0. The third kappa shape index (κ3) is 4.38. The van der Waals surface area contributed by atoms with Gasteiger partial charge in [0.25, 0.3) is 0 Å². The molecule has 146 valence electrons. The maximum atomic E-state index is 6.15. The van der Waals surface area contributed by atoms with Gasteiger partial charge in [-0.15, -0.1) is 24.0 Å². The normalized spacial score (nSPS) is 13.1. The Morgan fingerprint density at radius 3 is 2.71 bits per heavy atom. The number of hydrogen-bond donors (Lipinski definition) is 2. The minimum Gasteiger partial charge on any atom is -0.370 e. The molecular weight excluding hydrogens is 461 g/mol. The molecule has 5 nitrogen and oxygen atoms in total. The molecular formula is C22H26IN5. The smallest absolute Gasteiger partial charge is 0.193 e. The lowest BCUT2D eigenvalue weighted by molar-refractivity contribution is 0.912. The average molecular weight is 487 g/mol. The monoisotopic (exact) mass is 487 g/mol. The van der Waals surface area contributed by atoms with Gasteiger partial charge in [0, 0.05) is 25.2 Å². The van der Waals surface area contributed by atoms with Crippen LogP contribution in [0.4, 0.5) is 11.5 Å². The molecule has 3 aromatic rings. The van der Waals surface area contributed by atoms with E-state index >= 15 is 0 Å². The molecule has 1 heterocycles. The topological polar surface area (TPSA) is 66.5 Å². The Hall–Kier alpha value is -2.35. The van der Waals surface area contributed by atoms with Crippen LogP contribution in [-0.2, 0) is 19.4 Å². The Morgan fingerprint density at radius 1 is 1.11 bits per heavy atom. The van der Waals surface area contributed by atoms with Gasteiger partial charge in [-0.1, -0.05) is 24.3 Å². The van der Waals surface area contributed by atoms with Gasteiger partial charge < -0.3 is 16.0 Å². The summed E-state index contributed by atoms with van der Waals surface area (Å²) in [5, 5.41) is 4.34. The highest BCUT2D eigenvalue weighted by Crippen LogP contribution is 2.25. The van der Waals surface area contributed by atoms with E-state index in [2.05, 4.69) is 40.6 Å². The summed E-state index contributed by atoms with van der Waals surface area (Å²) in [7, 11) is 3.99. The first-order valence-electron chi connectivity index (χ1n) is 9.35. The number of aromatic nitrogens is 1. The van der Waals surface area contributed by atoms with Crippen molar-refractivity contribution in [2.75, 3.05) is 24.3 Å². The van der Waals surface area contributed by atoms with E-state index in [1.54, 1.807) is 0 Å². The van der Waals surface area contributed by atoms with Gasteiger partial charge in [0.05, 0.1) is 12.1 Å². The average Bonchev–Trinajstić information content (AvgIpc) is 3.13. The second kappa shape index (κ2) is 8.77. The Kier molecular flexibility index (Phi) is 6.39. The Balaban J connectivity index is 0.00000225. The van der Waals surface area contributed by atoms with Crippen molar-refractivity contribution < 1.29 is 0 Å².